The van der Waals surface area contributed by atoms with E-state index in [0.717, 1.165) is 0 Å². The smallest absolute Gasteiger partial charge is 0.321 e. The van der Waals surface area contributed by atoms with Gasteiger partial charge in [0.15, 0.2) is 0 Å². The van der Waals surface area contributed by atoms with Crippen molar-refractivity contribution in [1.29, 1.82) is 0 Å². The summed E-state index contributed by atoms with van der Waals surface area (Å²) in [6, 6.07) is -1.29. The number of ether oxygens (including phenoxy) is 1. The third kappa shape index (κ3) is 5.43. The number of carboxylic acid groups (broad SMARTS) is 2. The third-order valence-corrected chi connectivity index (χ3v) is 5.06. The highest BCUT2D eigenvalue weighted by Gasteiger charge is 2.32. The van der Waals surface area contributed by atoms with Gasteiger partial charge in [-0.2, -0.15) is 0 Å². The number of nitrogens with one attached hydrogen (secondary N) is 1. The number of hydrogen-bond donors (Lipinski definition) is 3. The largest absolute Gasteiger partial charge is 0.481 e. The van der Waals surface area contributed by atoms with Crippen LogP contribution in [0.1, 0.15) is 32.1 Å². The van der Waals surface area contributed by atoms with E-state index in [2.05, 4.69) is 4.72 Å². The molecule has 1 saturated heterocycles. The predicted octanol–water partition coefficient (Wildman–Crippen LogP) is -0.207. The molecule has 20 heavy (non-hydrogen) atoms. The number of aliphatic carboxylic acids is 2. The summed E-state index contributed by atoms with van der Waals surface area (Å²) in [5.74, 6) is -2.34. The van der Waals surface area contributed by atoms with E-state index in [1.54, 1.807) is 0 Å². The first-order chi connectivity index (χ1) is 9.33. The lowest BCUT2D eigenvalue weighted by molar-refractivity contribution is -0.140. The zero-order chi connectivity index (χ0) is 15.2. The summed E-state index contributed by atoms with van der Waals surface area (Å²) in [6.07, 6.45) is 0.517. The zero-order valence-electron chi connectivity index (χ0n) is 10.9. The summed E-state index contributed by atoms with van der Waals surface area (Å²) >= 11 is 0. The van der Waals surface area contributed by atoms with Crippen LogP contribution in [0, 0.1) is 0 Å². The summed E-state index contributed by atoms with van der Waals surface area (Å²) in [5.41, 5.74) is 0. The quantitative estimate of drug-likeness (QED) is 0.565. The zero-order valence-corrected chi connectivity index (χ0v) is 11.8. The second-order valence-electron chi connectivity index (χ2n) is 4.65. The summed E-state index contributed by atoms with van der Waals surface area (Å²) in [6.45, 7) is 0.671. The number of sulfonamides is 1. The Morgan fingerprint density at radius 2 is 1.85 bits per heavy atom. The highest BCUT2D eigenvalue weighted by Crippen LogP contribution is 2.16. The van der Waals surface area contributed by atoms with Gasteiger partial charge in [0.05, 0.1) is 5.25 Å². The van der Waals surface area contributed by atoms with Crippen LogP contribution in [0.4, 0.5) is 0 Å². The number of carboxylic acids is 2. The average Bonchev–Trinajstić information content (AvgIpc) is 2.38. The van der Waals surface area contributed by atoms with Crippen LogP contribution in [0.2, 0.25) is 0 Å². The minimum Gasteiger partial charge on any atom is -0.481 e. The fourth-order valence-corrected chi connectivity index (χ4v) is 3.59. The summed E-state index contributed by atoms with van der Waals surface area (Å²) in [5, 5.41) is 16.8. The van der Waals surface area contributed by atoms with E-state index in [-0.39, 0.29) is 19.3 Å². The van der Waals surface area contributed by atoms with Crippen molar-refractivity contribution in [2.45, 2.75) is 43.4 Å². The molecule has 0 aliphatic carbocycles. The lowest BCUT2D eigenvalue weighted by Crippen LogP contribution is -2.46. The Kier molecular flexibility index (Phi) is 6.37. The van der Waals surface area contributed by atoms with Crippen LogP contribution < -0.4 is 4.72 Å². The van der Waals surface area contributed by atoms with Crippen LogP contribution in [0.3, 0.4) is 0 Å². The Morgan fingerprint density at radius 3 is 2.35 bits per heavy atom. The normalized spacial score (nSPS) is 18.6. The Balaban J connectivity index is 2.59. The fourth-order valence-electron chi connectivity index (χ4n) is 1.97. The van der Waals surface area contributed by atoms with Gasteiger partial charge in [0.1, 0.15) is 6.04 Å². The van der Waals surface area contributed by atoms with E-state index in [9.17, 15) is 18.0 Å². The molecule has 0 aromatic heterocycles. The topological polar surface area (TPSA) is 130 Å². The predicted molar refractivity (Wildman–Crippen MR) is 68.8 cm³/mol. The summed E-state index contributed by atoms with van der Waals surface area (Å²) in [7, 11) is -3.74. The molecule has 1 heterocycles. The molecule has 9 heteroatoms. The molecule has 0 aromatic carbocycles. The Bertz CT molecular complexity index is 442. The molecule has 8 nitrogen and oxygen atoms in total. The van der Waals surface area contributed by atoms with Crippen LogP contribution in [0.5, 0.6) is 0 Å². The van der Waals surface area contributed by atoms with Gasteiger partial charge in [-0.15, -0.1) is 0 Å². The number of hydrogen-bond acceptors (Lipinski definition) is 5. The molecule has 3 N–H and O–H groups in total. The Morgan fingerprint density at radius 1 is 1.25 bits per heavy atom. The monoisotopic (exact) mass is 309 g/mol. The first-order valence-corrected chi connectivity index (χ1v) is 7.91. The lowest BCUT2D eigenvalue weighted by atomic mass is 10.1. The van der Waals surface area contributed by atoms with Crippen LogP contribution in [-0.2, 0) is 24.3 Å². The maximum absolute atomic E-state index is 12.1. The van der Waals surface area contributed by atoms with Crippen LogP contribution in [0.25, 0.3) is 0 Å². The fraction of sp³-hybridized carbons (Fsp3) is 0.818. The second-order valence-corrected chi connectivity index (χ2v) is 6.64. The van der Waals surface area contributed by atoms with E-state index >= 15 is 0 Å². The van der Waals surface area contributed by atoms with E-state index < -0.39 is 33.3 Å². The first-order valence-electron chi connectivity index (χ1n) is 6.36. The van der Waals surface area contributed by atoms with Crippen molar-refractivity contribution < 1.29 is 33.0 Å². The summed E-state index contributed by atoms with van der Waals surface area (Å²) < 4.78 is 31.3. The van der Waals surface area contributed by atoms with E-state index in [0.29, 0.717) is 26.1 Å². The molecule has 1 atom stereocenters. The van der Waals surface area contributed by atoms with Crippen molar-refractivity contribution in [2.24, 2.45) is 0 Å². The molecule has 1 aliphatic rings. The molecule has 0 saturated carbocycles. The van der Waals surface area contributed by atoms with Crippen molar-refractivity contribution in [2.75, 3.05) is 13.2 Å². The SMILES string of the molecule is O=C(O)CCC[C@@H](NS(=O)(=O)C1CCOCC1)C(=O)O. The van der Waals surface area contributed by atoms with Gasteiger partial charge in [-0.3, -0.25) is 9.59 Å². The van der Waals surface area contributed by atoms with Crippen LogP contribution >= 0.6 is 0 Å². The van der Waals surface area contributed by atoms with Crippen LogP contribution in [-0.4, -0.2) is 55.1 Å². The molecule has 0 unspecified atom stereocenters. The van der Waals surface area contributed by atoms with Gasteiger partial charge in [-0.05, 0) is 25.7 Å². The van der Waals surface area contributed by atoms with E-state index in [1.807, 2.05) is 0 Å². The lowest BCUT2D eigenvalue weighted by Gasteiger charge is -2.24. The first kappa shape index (κ1) is 16.9. The van der Waals surface area contributed by atoms with Crippen molar-refractivity contribution in [3.8, 4) is 0 Å². The Labute approximate surface area is 117 Å². The van der Waals surface area contributed by atoms with Gasteiger partial charge in [0.2, 0.25) is 10.0 Å². The van der Waals surface area contributed by atoms with E-state index in [1.165, 1.54) is 0 Å². The molecule has 0 radical (unpaired) electrons. The molecule has 1 aliphatic heterocycles. The van der Waals surface area contributed by atoms with Crippen molar-refractivity contribution in [3.63, 3.8) is 0 Å². The van der Waals surface area contributed by atoms with Crippen molar-refractivity contribution >= 4 is 22.0 Å². The van der Waals surface area contributed by atoms with Crippen LogP contribution in [0.15, 0.2) is 0 Å². The standard InChI is InChI=1S/C11H19NO7S/c13-10(14)3-1-2-9(11(15)16)12-20(17,18)8-4-6-19-7-5-8/h8-9,12H,1-7H2,(H,13,14)(H,15,16)/t9-/m1/s1. The number of rotatable bonds is 8. The van der Waals surface area contributed by atoms with Gasteiger partial charge >= 0.3 is 11.9 Å². The van der Waals surface area contributed by atoms with Gasteiger partial charge < -0.3 is 14.9 Å². The molecular formula is C11H19NO7S. The molecule has 0 amide bonds. The van der Waals surface area contributed by atoms with Gasteiger partial charge in [0, 0.05) is 19.6 Å². The van der Waals surface area contributed by atoms with Gasteiger partial charge in [-0.1, -0.05) is 0 Å². The molecule has 0 aromatic rings. The Hall–Kier alpha value is -1.19. The third-order valence-electron chi connectivity index (χ3n) is 3.10. The minimum absolute atomic E-state index is 0.0515. The highest BCUT2D eigenvalue weighted by atomic mass is 32.2. The molecule has 1 rings (SSSR count). The van der Waals surface area contributed by atoms with Gasteiger partial charge in [-0.25, -0.2) is 13.1 Å². The van der Waals surface area contributed by atoms with Gasteiger partial charge in [0.25, 0.3) is 0 Å². The maximum Gasteiger partial charge on any atom is 0.321 e. The van der Waals surface area contributed by atoms with Crippen molar-refractivity contribution in [1.82, 2.24) is 4.72 Å². The average molecular weight is 309 g/mol. The minimum atomic E-state index is -3.74. The number of carbonyl (C=O) groups is 2. The van der Waals surface area contributed by atoms with E-state index in [4.69, 9.17) is 14.9 Å². The highest BCUT2D eigenvalue weighted by molar-refractivity contribution is 7.90. The molecule has 116 valence electrons. The van der Waals surface area contributed by atoms with Crippen molar-refractivity contribution in [3.05, 3.63) is 0 Å². The molecular weight excluding hydrogens is 290 g/mol. The second kappa shape index (κ2) is 7.55. The molecule has 0 spiro atoms. The summed E-state index contributed by atoms with van der Waals surface area (Å²) in [4.78, 5) is 21.4. The maximum atomic E-state index is 12.1. The molecule has 1 fully saturated rings. The molecule has 0 bridgehead atoms.